The maximum absolute atomic E-state index is 13.0. The van der Waals surface area contributed by atoms with E-state index >= 15 is 0 Å². The number of sulfonamides is 1. The Morgan fingerprint density at radius 1 is 0.970 bits per heavy atom. The minimum Gasteiger partial charge on any atom is -0.489 e. The zero-order chi connectivity index (χ0) is 24.0. The van der Waals surface area contributed by atoms with Crippen molar-refractivity contribution in [1.29, 1.82) is 0 Å². The Morgan fingerprint density at radius 2 is 1.61 bits per heavy atom. The van der Waals surface area contributed by atoms with Crippen molar-refractivity contribution in [2.75, 3.05) is 17.1 Å². The molecule has 0 aliphatic carbocycles. The highest BCUT2D eigenvalue weighted by molar-refractivity contribution is 7.92. The van der Waals surface area contributed by atoms with Gasteiger partial charge in [0.15, 0.2) is 0 Å². The van der Waals surface area contributed by atoms with E-state index in [1.165, 1.54) is 12.1 Å². The lowest BCUT2D eigenvalue weighted by Gasteiger charge is -2.24. The summed E-state index contributed by atoms with van der Waals surface area (Å²) in [6.07, 6.45) is 1.09. The van der Waals surface area contributed by atoms with Crippen LogP contribution in [0.1, 0.15) is 22.3 Å². The summed E-state index contributed by atoms with van der Waals surface area (Å²) in [4.78, 5) is 12.5. The summed E-state index contributed by atoms with van der Waals surface area (Å²) >= 11 is 0. The average Bonchev–Trinajstić information content (AvgIpc) is 2.77. The summed E-state index contributed by atoms with van der Waals surface area (Å²) in [7, 11) is -3.64. The number of carbonyl (C=O) groups is 1. The van der Waals surface area contributed by atoms with Crippen LogP contribution in [0, 0.1) is 19.7 Å². The van der Waals surface area contributed by atoms with E-state index in [-0.39, 0.29) is 18.9 Å². The van der Waals surface area contributed by atoms with E-state index in [1.807, 2.05) is 38.1 Å². The van der Waals surface area contributed by atoms with Crippen molar-refractivity contribution in [2.24, 2.45) is 0 Å². The first-order valence-corrected chi connectivity index (χ1v) is 12.2. The number of hydrogen-bond acceptors (Lipinski definition) is 4. The number of carbonyl (C=O) groups excluding carboxylic acids is 1. The van der Waals surface area contributed by atoms with Gasteiger partial charge in [-0.3, -0.25) is 9.10 Å². The molecule has 0 heterocycles. The highest BCUT2D eigenvalue weighted by Crippen LogP contribution is 2.23. The highest BCUT2D eigenvalue weighted by Gasteiger charge is 2.22. The molecule has 0 radical (unpaired) electrons. The molecule has 0 aliphatic heterocycles. The molecule has 3 rings (SSSR count). The molecule has 33 heavy (non-hydrogen) atoms. The van der Waals surface area contributed by atoms with Gasteiger partial charge in [-0.2, -0.15) is 0 Å². The van der Waals surface area contributed by atoms with Crippen molar-refractivity contribution in [3.8, 4) is 5.75 Å². The van der Waals surface area contributed by atoms with E-state index in [4.69, 9.17) is 4.74 Å². The molecule has 0 spiro atoms. The Bertz CT molecular complexity index is 1210. The van der Waals surface area contributed by atoms with Gasteiger partial charge in [-0.25, -0.2) is 12.8 Å². The predicted octanol–water partition coefficient (Wildman–Crippen LogP) is 4.10. The number of amides is 1. The molecule has 3 aromatic carbocycles. The molecule has 0 saturated carbocycles. The Kier molecular flexibility index (Phi) is 7.71. The fourth-order valence-corrected chi connectivity index (χ4v) is 4.11. The molecule has 0 atom stereocenters. The molecular formula is C25H27FN2O4S. The Hall–Kier alpha value is -3.39. The number of hydrogen-bond donors (Lipinski definition) is 1. The van der Waals surface area contributed by atoms with Gasteiger partial charge in [0.1, 0.15) is 24.7 Å². The van der Waals surface area contributed by atoms with Crippen LogP contribution in [0.25, 0.3) is 0 Å². The van der Waals surface area contributed by atoms with Gasteiger partial charge in [0.05, 0.1) is 11.9 Å². The monoisotopic (exact) mass is 470 g/mol. The number of nitrogens with one attached hydrogen (secondary N) is 1. The quantitative estimate of drug-likeness (QED) is 0.511. The number of rotatable bonds is 9. The predicted molar refractivity (Wildman–Crippen MR) is 127 cm³/mol. The number of nitrogens with zero attached hydrogens (tertiary/aromatic N) is 1. The lowest BCUT2D eigenvalue weighted by Crippen LogP contribution is -2.40. The van der Waals surface area contributed by atoms with Gasteiger partial charge in [0.2, 0.25) is 15.9 Å². The lowest BCUT2D eigenvalue weighted by atomic mass is 10.1. The van der Waals surface area contributed by atoms with Crippen LogP contribution in [-0.4, -0.2) is 27.1 Å². The number of aryl methyl sites for hydroxylation is 2. The van der Waals surface area contributed by atoms with Crippen LogP contribution in [0.15, 0.2) is 66.7 Å². The normalized spacial score (nSPS) is 11.2. The number of halogens is 1. The smallest absolute Gasteiger partial charge is 0.241 e. The van der Waals surface area contributed by atoms with Crippen LogP contribution in [0.5, 0.6) is 5.75 Å². The topological polar surface area (TPSA) is 75.7 Å². The second-order valence-corrected chi connectivity index (χ2v) is 9.80. The van der Waals surface area contributed by atoms with Gasteiger partial charge in [0.25, 0.3) is 0 Å². The fraction of sp³-hybridized carbons (Fsp3) is 0.240. The average molecular weight is 471 g/mol. The third-order valence-electron chi connectivity index (χ3n) is 5.05. The molecule has 0 unspecified atom stereocenters. The van der Waals surface area contributed by atoms with Crippen LogP contribution in [0.3, 0.4) is 0 Å². The number of ether oxygens (including phenoxy) is 1. The SMILES string of the molecule is Cc1ccc(C)c(N(CC(=O)NCc2ccc(OCc3ccc(F)cc3)cc2)S(C)(=O)=O)c1. The van der Waals surface area contributed by atoms with Gasteiger partial charge in [0, 0.05) is 6.54 Å². The zero-order valence-corrected chi connectivity index (χ0v) is 19.7. The molecule has 0 aromatic heterocycles. The van der Waals surface area contributed by atoms with Gasteiger partial charge >= 0.3 is 0 Å². The Morgan fingerprint density at radius 3 is 2.24 bits per heavy atom. The molecule has 6 nitrogen and oxygen atoms in total. The second-order valence-electron chi connectivity index (χ2n) is 7.90. The second kappa shape index (κ2) is 10.5. The number of benzene rings is 3. The van der Waals surface area contributed by atoms with Gasteiger partial charge in [-0.15, -0.1) is 0 Å². The molecule has 0 saturated heterocycles. The molecule has 3 aromatic rings. The molecule has 0 fully saturated rings. The molecule has 0 aliphatic rings. The molecule has 1 N–H and O–H groups in total. The van der Waals surface area contributed by atoms with Gasteiger partial charge < -0.3 is 10.1 Å². The van der Waals surface area contributed by atoms with Crippen molar-refractivity contribution in [3.05, 3.63) is 94.8 Å². The van der Waals surface area contributed by atoms with Crippen LogP contribution in [-0.2, 0) is 28.0 Å². The Labute approximate surface area is 194 Å². The van der Waals surface area contributed by atoms with Crippen molar-refractivity contribution >= 4 is 21.6 Å². The molecule has 1 amide bonds. The minimum absolute atomic E-state index is 0.251. The molecule has 174 valence electrons. The third kappa shape index (κ3) is 7.05. The van der Waals surface area contributed by atoms with Crippen molar-refractivity contribution in [1.82, 2.24) is 5.32 Å². The van der Waals surface area contributed by atoms with Crippen molar-refractivity contribution in [2.45, 2.75) is 27.0 Å². The Balaban J connectivity index is 1.56. The van der Waals surface area contributed by atoms with Crippen LogP contribution < -0.4 is 14.4 Å². The number of anilines is 1. The van der Waals surface area contributed by atoms with Crippen molar-refractivity contribution in [3.63, 3.8) is 0 Å². The van der Waals surface area contributed by atoms with Crippen LogP contribution >= 0.6 is 0 Å². The molecule has 8 heteroatoms. The summed E-state index contributed by atoms with van der Waals surface area (Å²) in [5.74, 6) is -0.0515. The maximum atomic E-state index is 13.0. The first-order valence-electron chi connectivity index (χ1n) is 10.4. The van der Waals surface area contributed by atoms with Crippen LogP contribution in [0.4, 0.5) is 10.1 Å². The van der Waals surface area contributed by atoms with E-state index in [9.17, 15) is 17.6 Å². The van der Waals surface area contributed by atoms with E-state index < -0.39 is 15.9 Å². The summed E-state index contributed by atoms with van der Waals surface area (Å²) in [6, 6.07) is 18.8. The minimum atomic E-state index is -3.64. The summed E-state index contributed by atoms with van der Waals surface area (Å²) in [6.45, 7) is 3.95. The maximum Gasteiger partial charge on any atom is 0.241 e. The van der Waals surface area contributed by atoms with E-state index in [0.717, 1.165) is 32.8 Å². The van der Waals surface area contributed by atoms with E-state index in [2.05, 4.69) is 5.32 Å². The zero-order valence-electron chi connectivity index (χ0n) is 18.8. The summed E-state index contributed by atoms with van der Waals surface area (Å²) < 4.78 is 44.5. The van der Waals surface area contributed by atoms with Gasteiger partial charge in [-0.1, -0.05) is 36.4 Å². The highest BCUT2D eigenvalue weighted by atomic mass is 32.2. The van der Waals surface area contributed by atoms with E-state index in [1.54, 1.807) is 30.3 Å². The van der Waals surface area contributed by atoms with Gasteiger partial charge in [-0.05, 0) is 66.4 Å². The summed E-state index contributed by atoms with van der Waals surface area (Å²) in [5, 5.41) is 2.77. The lowest BCUT2D eigenvalue weighted by molar-refractivity contribution is -0.119. The molecular weight excluding hydrogens is 443 g/mol. The standard InChI is InChI=1S/C25H27FN2O4S/c1-18-4-5-19(2)24(14-18)28(33(3,30)31)16-25(29)27-15-20-8-12-23(13-9-20)32-17-21-6-10-22(26)11-7-21/h4-14H,15-17H2,1-3H3,(H,27,29). The molecule has 0 bridgehead atoms. The summed E-state index contributed by atoms with van der Waals surface area (Å²) in [5.41, 5.74) is 3.87. The van der Waals surface area contributed by atoms with Crippen LogP contribution in [0.2, 0.25) is 0 Å². The fourth-order valence-electron chi connectivity index (χ4n) is 3.21. The van der Waals surface area contributed by atoms with E-state index in [0.29, 0.717) is 18.0 Å². The third-order valence-corrected chi connectivity index (χ3v) is 6.18. The largest absolute Gasteiger partial charge is 0.489 e. The van der Waals surface area contributed by atoms with Crippen molar-refractivity contribution < 1.29 is 22.3 Å². The first kappa shape index (κ1) is 24.3. The first-order chi connectivity index (χ1) is 15.6.